The average Bonchev–Trinajstić information content (AvgIpc) is 3.48. The predicted molar refractivity (Wildman–Crippen MR) is 137 cm³/mol. The molecule has 0 bridgehead atoms. The summed E-state index contributed by atoms with van der Waals surface area (Å²) < 4.78 is 28.0. The number of likely N-dealkylation sites (tertiary alicyclic amines) is 2. The first-order valence-electron chi connectivity index (χ1n) is 11.5. The summed E-state index contributed by atoms with van der Waals surface area (Å²) in [6, 6.07) is 6.32. The van der Waals surface area contributed by atoms with Gasteiger partial charge in [0, 0.05) is 48.4 Å². The van der Waals surface area contributed by atoms with Crippen LogP contribution in [0.4, 0.5) is 5.69 Å². The highest BCUT2D eigenvalue weighted by molar-refractivity contribution is 7.92. The number of carbonyl (C=O) groups excluding carboxylic acids is 2. The van der Waals surface area contributed by atoms with Gasteiger partial charge in [-0.05, 0) is 56.0 Å². The molecule has 2 aromatic heterocycles. The van der Waals surface area contributed by atoms with Crippen molar-refractivity contribution in [3.63, 3.8) is 0 Å². The van der Waals surface area contributed by atoms with Crippen molar-refractivity contribution in [1.29, 1.82) is 0 Å². The SMILES string of the molecule is O=C1C(NS(=O)(=O)/C=C/c2ccc(Cl)s2)CCCN1CC(=O)N1CCCC1CNc1cccnc1. The minimum atomic E-state index is -3.84. The second kappa shape index (κ2) is 11.5. The zero-order valence-electron chi connectivity index (χ0n) is 19.1. The van der Waals surface area contributed by atoms with E-state index in [1.165, 1.54) is 22.3 Å². The molecule has 0 aliphatic carbocycles. The first-order valence-corrected chi connectivity index (χ1v) is 14.2. The molecule has 2 amide bonds. The monoisotopic (exact) mass is 537 g/mol. The average molecular weight is 538 g/mol. The molecule has 2 fully saturated rings. The fourth-order valence-corrected chi connectivity index (χ4v) is 6.42. The van der Waals surface area contributed by atoms with Crippen LogP contribution >= 0.6 is 22.9 Å². The number of hydrogen-bond acceptors (Lipinski definition) is 7. The van der Waals surface area contributed by atoms with Crippen LogP contribution in [0, 0.1) is 0 Å². The number of sulfonamides is 1. The Balaban J connectivity index is 1.32. The van der Waals surface area contributed by atoms with Crippen LogP contribution in [-0.4, -0.2) is 73.3 Å². The summed E-state index contributed by atoms with van der Waals surface area (Å²) in [6.07, 6.45) is 7.68. The van der Waals surface area contributed by atoms with Crippen LogP contribution in [0.1, 0.15) is 30.6 Å². The number of anilines is 1. The van der Waals surface area contributed by atoms with Gasteiger partial charge >= 0.3 is 0 Å². The third-order valence-corrected chi connectivity index (χ3v) is 8.37. The van der Waals surface area contributed by atoms with E-state index in [1.807, 2.05) is 17.0 Å². The summed E-state index contributed by atoms with van der Waals surface area (Å²) in [6.45, 7) is 1.63. The molecule has 4 rings (SSSR count). The van der Waals surface area contributed by atoms with E-state index in [0.717, 1.165) is 23.9 Å². The van der Waals surface area contributed by atoms with E-state index in [2.05, 4.69) is 15.0 Å². The number of rotatable bonds is 9. The summed E-state index contributed by atoms with van der Waals surface area (Å²) in [7, 11) is -3.84. The van der Waals surface area contributed by atoms with E-state index in [9.17, 15) is 18.0 Å². The maximum atomic E-state index is 13.1. The molecule has 2 aliphatic heterocycles. The van der Waals surface area contributed by atoms with Crippen LogP contribution in [0.25, 0.3) is 6.08 Å². The third-order valence-electron chi connectivity index (χ3n) is 6.07. The molecular weight excluding hydrogens is 510 g/mol. The second-order valence-electron chi connectivity index (χ2n) is 8.57. The van der Waals surface area contributed by atoms with Gasteiger partial charge in [0.15, 0.2) is 0 Å². The molecule has 9 nitrogen and oxygen atoms in total. The Morgan fingerprint density at radius 1 is 1.23 bits per heavy atom. The number of halogens is 1. The Labute approximate surface area is 214 Å². The van der Waals surface area contributed by atoms with Gasteiger partial charge in [-0.1, -0.05) is 11.6 Å². The Morgan fingerprint density at radius 2 is 2.06 bits per heavy atom. The van der Waals surface area contributed by atoms with Crippen LogP contribution in [-0.2, 0) is 19.6 Å². The van der Waals surface area contributed by atoms with Crippen LogP contribution in [0.5, 0.6) is 0 Å². The first-order chi connectivity index (χ1) is 16.8. The lowest BCUT2D eigenvalue weighted by molar-refractivity contribution is -0.143. The number of nitrogens with zero attached hydrogens (tertiary/aromatic N) is 3. The second-order valence-corrected chi connectivity index (χ2v) is 11.9. The Hall–Kier alpha value is -2.47. The van der Waals surface area contributed by atoms with Gasteiger partial charge in [0.25, 0.3) is 0 Å². The fraction of sp³-hybridized carbons (Fsp3) is 0.435. The van der Waals surface area contributed by atoms with Gasteiger partial charge in [0.2, 0.25) is 21.8 Å². The van der Waals surface area contributed by atoms with Crippen molar-refractivity contribution in [3.8, 4) is 0 Å². The minimum absolute atomic E-state index is 0.0350. The number of carbonyl (C=O) groups is 2. The van der Waals surface area contributed by atoms with Crippen molar-refractivity contribution in [3.05, 3.63) is 51.3 Å². The van der Waals surface area contributed by atoms with Gasteiger partial charge in [-0.25, -0.2) is 8.42 Å². The summed E-state index contributed by atoms with van der Waals surface area (Å²) in [5.41, 5.74) is 0.893. The van der Waals surface area contributed by atoms with Crippen LogP contribution in [0.2, 0.25) is 4.34 Å². The van der Waals surface area contributed by atoms with Crippen molar-refractivity contribution in [2.45, 2.75) is 37.8 Å². The van der Waals surface area contributed by atoms with Crippen LogP contribution in [0.3, 0.4) is 0 Å². The molecular formula is C23H28ClN5O4S2. The smallest absolute Gasteiger partial charge is 0.242 e. The van der Waals surface area contributed by atoms with E-state index in [0.29, 0.717) is 41.7 Å². The minimum Gasteiger partial charge on any atom is -0.382 e. The number of aromatic nitrogens is 1. The zero-order chi connectivity index (χ0) is 24.8. The molecule has 0 aromatic carbocycles. The third kappa shape index (κ3) is 7.03. The lowest BCUT2D eigenvalue weighted by Gasteiger charge is -2.34. The summed E-state index contributed by atoms with van der Waals surface area (Å²) in [4.78, 5) is 34.1. The molecule has 12 heteroatoms. The van der Waals surface area contributed by atoms with Crippen molar-refractivity contribution >= 4 is 56.5 Å². The standard InChI is InChI=1S/C23H28ClN5O4S2/c24-21-8-7-19(34-21)9-13-35(32,33)27-20-6-3-11-28(23(20)31)16-22(30)29-12-2-5-18(29)15-26-17-4-1-10-25-14-17/h1,4,7-10,13-14,18,20,26-27H,2-3,5-6,11-12,15-16H2/b13-9+. The number of amides is 2. The van der Waals surface area contributed by atoms with Gasteiger partial charge in [-0.2, -0.15) is 4.72 Å². The molecule has 0 radical (unpaired) electrons. The Morgan fingerprint density at radius 3 is 2.80 bits per heavy atom. The van der Waals surface area contributed by atoms with E-state index in [1.54, 1.807) is 24.5 Å². The molecule has 2 unspecified atom stereocenters. The lowest BCUT2D eigenvalue weighted by Crippen LogP contribution is -2.55. The van der Waals surface area contributed by atoms with Crippen LogP contribution < -0.4 is 10.0 Å². The van der Waals surface area contributed by atoms with Gasteiger partial charge in [-0.3, -0.25) is 14.6 Å². The molecule has 2 N–H and O–H groups in total. The highest BCUT2D eigenvalue weighted by Gasteiger charge is 2.35. The zero-order valence-corrected chi connectivity index (χ0v) is 21.5. The predicted octanol–water partition coefficient (Wildman–Crippen LogP) is 2.78. The molecule has 2 saturated heterocycles. The number of piperidine rings is 1. The normalized spacial score (nSPS) is 21.1. The van der Waals surface area contributed by atoms with Crippen molar-refractivity contribution in [2.75, 3.05) is 31.5 Å². The van der Waals surface area contributed by atoms with E-state index in [4.69, 9.17) is 11.6 Å². The Bertz CT molecular complexity index is 1170. The molecule has 2 aromatic rings. The molecule has 35 heavy (non-hydrogen) atoms. The fourth-order valence-electron chi connectivity index (χ4n) is 4.35. The summed E-state index contributed by atoms with van der Waals surface area (Å²) in [5.74, 6) is -0.489. The maximum Gasteiger partial charge on any atom is 0.242 e. The van der Waals surface area contributed by atoms with Gasteiger partial charge in [0.05, 0.1) is 16.6 Å². The highest BCUT2D eigenvalue weighted by atomic mass is 35.5. The van der Waals surface area contributed by atoms with Gasteiger partial charge < -0.3 is 15.1 Å². The van der Waals surface area contributed by atoms with Gasteiger partial charge in [-0.15, -0.1) is 11.3 Å². The molecule has 2 aliphatic rings. The van der Waals surface area contributed by atoms with Crippen LogP contribution in [0.15, 0.2) is 42.1 Å². The lowest BCUT2D eigenvalue weighted by atomic mass is 10.1. The molecule has 4 heterocycles. The maximum absolute atomic E-state index is 13.1. The molecule has 0 spiro atoms. The highest BCUT2D eigenvalue weighted by Crippen LogP contribution is 2.23. The number of thiophene rings is 1. The van der Waals surface area contributed by atoms with Crippen molar-refractivity contribution in [1.82, 2.24) is 19.5 Å². The van der Waals surface area contributed by atoms with Crippen molar-refractivity contribution in [2.24, 2.45) is 0 Å². The topological polar surface area (TPSA) is 112 Å². The molecule has 188 valence electrons. The number of nitrogens with one attached hydrogen (secondary N) is 2. The molecule has 2 atom stereocenters. The summed E-state index contributed by atoms with van der Waals surface area (Å²) >= 11 is 7.13. The Kier molecular flexibility index (Phi) is 8.42. The number of hydrogen-bond donors (Lipinski definition) is 2. The molecule has 0 saturated carbocycles. The van der Waals surface area contributed by atoms with Crippen molar-refractivity contribution < 1.29 is 18.0 Å². The largest absolute Gasteiger partial charge is 0.382 e. The summed E-state index contributed by atoms with van der Waals surface area (Å²) in [5, 5.41) is 4.35. The first kappa shape index (κ1) is 25.6. The van der Waals surface area contributed by atoms with Gasteiger partial charge in [0.1, 0.15) is 6.04 Å². The van der Waals surface area contributed by atoms with E-state index >= 15 is 0 Å². The number of pyridine rings is 1. The quantitative estimate of drug-likeness (QED) is 0.509. The van der Waals surface area contributed by atoms with E-state index < -0.39 is 16.1 Å². The van der Waals surface area contributed by atoms with E-state index in [-0.39, 0.29) is 24.4 Å².